The number of carbonyl (C=O) groups excluding carboxylic acids is 1. The van der Waals surface area contributed by atoms with Crippen molar-refractivity contribution in [1.29, 1.82) is 0 Å². The third kappa shape index (κ3) is 2.59. The second-order valence-electron chi connectivity index (χ2n) is 5.06. The van der Waals surface area contributed by atoms with E-state index in [4.69, 9.17) is 0 Å². The molecule has 1 aliphatic rings. The lowest BCUT2D eigenvalue weighted by molar-refractivity contribution is -0.385. The number of hydrogen-bond donors (Lipinski definition) is 0. The van der Waals surface area contributed by atoms with Gasteiger partial charge in [0.15, 0.2) is 0 Å². The lowest BCUT2D eigenvalue weighted by atomic mass is 10.0. The Morgan fingerprint density at radius 3 is 2.58 bits per heavy atom. The maximum atomic E-state index is 12.4. The quantitative estimate of drug-likeness (QED) is 0.621. The number of nitrogens with zero attached hydrogens (tertiary/aromatic N) is 2. The second kappa shape index (κ2) is 5.38. The Morgan fingerprint density at radius 1 is 1.37 bits per heavy atom. The number of benzene rings is 1. The lowest BCUT2D eigenvalue weighted by Gasteiger charge is -2.24. The van der Waals surface area contributed by atoms with Gasteiger partial charge in [0.25, 0.3) is 11.6 Å². The summed E-state index contributed by atoms with van der Waals surface area (Å²) >= 11 is 0. The van der Waals surface area contributed by atoms with E-state index in [0.717, 1.165) is 25.7 Å². The summed E-state index contributed by atoms with van der Waals surface area (Å²) in [6.07, 6.45) is 4.35. The van der Waals surface area contributed by atoms with Crippen LogP contribution < -0.4 is 0 Å². The minimum Gasteiger partial charge on any atom is -0.339 e. The third-order valence-electron chi connectivity index (χ3n) is 3.93. The molecule has 1 aromatic rings. The van der Waals surface area contributed by atoms with Gasteiger partial charge in [-0.05, 0) is 25.8 Å². The topological polar surface area (TPSA) is 63.5 Å². The SMILES string of the molecule is Cc1c(C(=O)N(C)C2CCCC2)cccc1[N+](=O)[O-]. The molecule has 0 N–H and O–H groups in total. The van der Waals surface area contributed by atoms with Gasteiger partial charge >= 0.3 is 0 Å². The van der Waals surface area contributed by atoms with Crippen molar-refractivity contribution in [3.8, 4) is 0 Å². The summed E-state index contributed by atoms with van der Waals surface area (Å²) in [4.78, 5) is 24.6. The van der Waals surface area contributed by atoms with E-state index in [1.54, 1.807) is 31.0 Å². The monoisotopic (exact) mass is 262 g/mol. The molecule has 5 nitrogen and oxygen atoms in total. The molecule has 1 saturated carbocycles. The first-order valence-corrected chi connectivity index (χ1v) is 6.53. The molecule has 1 fully saturated rings. The number of hydrogen-bond acceptors (Lipinski definition) is 3. The van der Waals surface area contributed by atoms with E-state index < -0.39 is 4.92 Å². The largest absolute Gasteiger partial charge is 0.339 e. The highest BCUT2D eigenvalue weighted by Crippen LogP contribution is 2.26. The summed E-state index contributed by atoms with van der Waals surface area (Å²) < 4.78 is 0. The van der Waals surface area contributed by atoms with E-state index in [1.165, 1.54) is 6.07 Å². The predicted molar refractivity (Wildman–Crippen MR) is 72.2 cm³/mol. The van der Waals surface area contributed by atoms with E-state index >= 15 is 0 Å². The van der Waals surface area contributed by atoms with Crippen LogP contribution in [0.25, 0.3) is 0 Å². The summed E-state index contributed by atoms with van der Waals surface area (Å²) in [6.45, 7) is 1.63. The number of amides is 1. The molecule has 0 saturated heterocycles. The van der Waals surface area contributed by atoms with Crippen LogP contribution in [0, 0.1) is 17.0 Å². The summed E-state index contributed by atoms with van der Waals surface area (Å²) in [5, 5.41) is 10.9. The molecule has 0 aromatic heterocycles. The molecule has 1 aliphatic carbocycles. The molecule has 1 aromatic carbocycles. The van der Waals surface area contributed by atoms with Gasteiger partial charge in [-0.2, -0.15) is 0 Å². The Kier molecular flexibility index (Phi) is 3.83. The van der Waals surface area contributed by atoms with Crippen LogP contribution >= 0.6 is 0 Å². The molecular formula is C14H18N2O3. The van der Waals surface area contributed by atoms with E-state index in [1.807, 2.05) is 0 Å². The maximum absolute atomic E-state index is 12.4. The van der Waals surface area contributed by atoms with Gasteiger partial charge in [-0.1, -0.05) is 18.9 Å². The van der Waals surface area contributed by atoms with Crippen LogP contribution in [0.2, 0.25) is 0 Å². The summed E-state index contributed by atoms with van der Waals surface area (Å²) in [6, 6.07) is 4.93. The number of nitro groups is 1. The fourth-order valence-electron chi connectivity index (χ4n) is 2.70. The molecule has 0 spiro atoms. The maximum Gasteiger partial charge on any atom is 0.273 e. The molecule has 0 aliphatic heterocycles. The zero-order chi connectivity index (χ0) is 14.0. The van der Waals surface area contributed by atoms with Crippen molar-refractivity contribution in [2.45, 2.75) is 38.6 Å². The van der Waals surface area contributed by atoms with Crippen molar-refractivity contribution in [3.05, 3.63) is 39.4 Å². The van der Waals surface area contributed by atoms with Crippen LogP contribution in [-0.2, 0) is 0 Å². The molecular weight excluding hydrogens is 244 g/mol. The van der Waals surface area contributed by atoms with Crippen LogP contribution in [0.3, 0.4) is 0 Å². The zero-order valence-corrected chi connectivity index (χ0v) is 11.3. The summed E-state index contributed by atoms with van der Waals surface area (Å²) in [5.74, 6) is -0.117. The van der Waals surface area contributed by atoms with Crippen molar-refractivity contribution in [1.82, 2.24) is 4.90 Å². The van der Waals surface area contributed by atoms with E-state index in [-0.39, 0.29) is 17.6 Å². The highest BCUT2D eigenvalue weighted by Gasteiger charge is 2.26. The average Bonchev–Trinajstić information content (AvgIpc) is 2.90. The number of nitro benzene ring substituents is 1. The molecule has 102 valence electrons. The van der Waals surface area contributed by atoms with Gasteiger partial charge < -0.3 is 4.90 Å². The molecule has 0 heterocycles. The fraction of sp³-hybridized carbons (Fsp3) is 0.500. The Morgan fingerprint density at radius 2 is 2.00 bits per heavy atom. The Hall–Kier alpha value is -1.91. The third-order valence-corrected chi connectivity index (χ3v) is 3.93. The van der Waals surface area contributed by atoms with Gasteiger partial charge in [0.05, 0.1) is 4.92 Å². The Balaban J connectivity index is 2.28. The first-order chi connectivity index (χ1) is 9.02. The molecule has 5 heteroatoms. The molecule has 0 bridgehead atoms. The minimum absolute atomic E-state index is 0.00525. The van der Waals surface area contributed by atoms with Crippen molar-refractivity contribution in [3.63, 3.8) is 0 Å². The molecule has 0 atom stereocenters. The molecule has 0 unspecified atom stereocenters. The minimum atomic E-state index is -0.443. The van der Waals surface area contributed by atoms with Gasteiger partial charge in [0.2, 0.25) is 0 Å². The summed E-state index contributed by atoms with van der Waals surface area (Å²) in [5.41, 5.74) is 0.886. The van der Waals surface area contributed by atoms with Crippen molar-refractivity contribution < 1.29 is 9.72 Å². The molecule has 2 rings (SSSR count). The van der Waals surface area contributed by atoms with E-state index in [9.17, 15) is 14.9 Å². The first kappa shape index (κ1) is 13.5. The van der Waals surface area contributed by atoms with Crippen LogP contribution in [0.15, 0.2) is 18.2 Å². The smallest absolute Gasteiger partial charge is 0.273 e. The molecule has 0 radical (unpaired) electrons. The van der Waals surface area contributed by atoms with Crippen LogP contribution in [0.5, 0.6) is 0 Å². The summed E-state index contributed by atoms with van der Waals surface area (Å²) in [7, 11) is 1.79. The van der Waals surface area contributed by atoms with Crippen molar-refractivity contribution in [2.75, 3.05) is 7.05 Å². The normalized spacial score (nSPS) is 15.5. The van der Waals surface area contributed by atoms with E-state index in [2.05, 4.69) is 0 Å². The first-order valence-electron chi connectivity index (χ1n) is 6.53. The molecule has 1 amide bonds. The standard InChI is InChI=1S/C14H18N2O3/c1-10-12(8-5-9-13(10)16(18)19)14(17)15(2)11-6-3-4-7-11/h5,8-9,11H,3-4,6-7H2,1-2H3. The highest BCUT2D eigenvalue weighted by atomic mass is 16.6. The predicted octanol–water partition coefficient (Wildman–Crippen LogP) is 2.92. The Bertz CT molecular complexity index is 507. The second-order valence-corrected chi connectivity index (χ2v) is 5.06. The number of rotatable bonds is 3. The average molecular weight is 262 g/mol. The van der Waals surface area contributed by atoms with Gasteiger partial charge in [-0.25, -0.2) is 0 Å². The Labute approximate surface area is 112 Å². The molecule has 19 heavy (non-hydrogen) atoms. The van der Waals surface area contributed by atoms with Crippen molar-refractivity contribution >= 4 is 11.6 Å². The van der Waals surface area contributed by atoms with Gasteiger partial charge in [0, 0.05) is 30.3 Å². The van der Waals surface area contributed by atoms with Gasteiger partial charge in [-0.15, -0.1) is 0 Å². The van der Waals surface area contributed by atoms with E-state index in [0.29, 0.717) is 11.1 Å². The number of carbonyl (C=O) groups is 1. The van der Waals surface area contributed by atoms with Crippen LogP contribution in [-0.4, -0.2) is 28.8 Å². The van der Waals surface area contributed by atoms with Crippen LogP contribution in [0.4, 0.5) is 5.69 Å². The van der Waals surface area contributed by atoms with Gasteiger partial charge in [0.1, 0.15) is 0 Å². The lowest BCUT2D eigenvalue weighted by Crippen LogP contribution is -2.35. The van der Waals surface area contributed by atoms with Crippen LogP contribution in [0.1, 0.15) is 41.6 Å². The fourth-order valence-corrected chi connectivity index (χ4v) is 2.70. The van der Waals surface area contributed by atoms with Gasteiger partial charge in [-0.3, -0.25) is 14.9 Å². The van der Waals surface area contributed by atoms with Crippen molar-refractivity contribution in [2.24, 2.45) is 0 Å². The highest BCUT2D eigenvalue weighted by molar-refractivity contribution is 5.96. The zero-order valence-electron chi connectivity index (χ0n) is 11.3.